The van der Waals surface area contributed by atoms with Crippen molar-refractivity contribution in [2.45, 2.75) is 32.3 Å². The molecule has 14 aromatic heterocycles. The van der Waals surface area contributed by atoms with Gasteiger partial charge in [-0.25, -0.2) is 56.1 Å². The highest BCUT2D eigenvalue weighted by molar-refractivity contribution is 7.16. The van der Waals surface area contributed by atoms with Crippen molar-refractivity contribution in [3.8, 4) is 44.5 Å². The number of benzene rings is 8. The second-order valence-corrected chi connectivity index (χ2v) is 33.1. The van der Waals surface area contributed by atoms with E-state index >= 15 is 0 Å². The monoisotopic (exact) mass is 1920 g/mol. The molecule has 1 atom stereocenters. The van der Waals surface area contributed by atoms with E-state index in [9.17, 15) is 95.7 Å². The largest absolute Gasteiger partial charge is 0.477 e. The van der Waals surface area contributed by atoms with Crippen LogP contribution in [0.3, 0.4) is 0 Å². The molecule has 12 N–H and O–H groups in total. The number of carbonyl (C=O) groups is 5. The predicted octanol–water partition coefficient (Wildman–Crippen LogP) is 18.6. The van der Waals surface area contributed by atoms with Crippen molar-refractivity contribution in [3.63, 3.8) is 0 Å². The molecule has 0 spiro atoms. The summed E-state index contributed by atoms with van der Waals surface area (Å²) in [6.07, 6.45) is 8.34. The molecule has 8 aromatic carbocycles. The number of aliphatic hydroxyl groups excluding tert-OH is 2. The second-order valence-electron chi connectivity index (χ2n) is 31.5. The highest BCUT2D eigenvalue weighted by Gasteiger charge is 2.35. The number of carboxylic acids is 4. The lowest BCUT2D eigenvalue weighted by molar-refractivity contribution is 0.0676. The molecule has 0 radical (unpaired) electrons. The smallest absolute Gasteiger partial charge is 0.353 e. The van der Waals surface area contributed by atoms with Crippen LogP contribution in [0.5, 0.6) is 0 Å². The summed E-state index contributed by atoms with van der Waals surface area (Å²) in [6.45, 7) is -1.08. The van der Waals surface area contributed by atoms with Gasteiger partial charge in [0, 0.05) is 93.7 Å². The first-order valence-corrected chi connectivity index (χ1v) is 43.2. The lowest BCUT2D eigenvalue weighted by Gasteiger charge is -2.13. The van der Waals surface area contributed by atoms with Gasteiger partial charge in [0.2, 0.25) is 5.28 Å². The van der Waals surface area contributed by atoms with Crippen LogP contribution in [-0.4, -0.2) is 132 Å². The molecule has 0 bridgehead atoms. The molecule has 0 aliphatic carbocycles. The summed E-state index contributed by atoms with van der Waals surface area (Å²) in [4.78, 5) is 140. The van der Waals surface area contributed by atoms with Gasteiger partial charge >= 0.3 is 23.9 Å². The third kappa shape index (κ3) is 15.9. The van der Waals surface area contributed by atoms with Gasteiger partial charge in [0.05, 0.1) is 154 Å². The van der Waals surface area contributed by atoms with Crippen LogP contribution in [0.1, 0.15) is 86.2 Å². The maximum Gasteiger partial charge on any atom is 0.353 e. The van der Waals surface area contributed by atoms with E-state index in [1.165, 1.54) is 155 Å². The lowest BCUT2D eigenvalue weighted by Crippen LogP contribution is -2.19. The van der Waals surface area contributed by atoms with Gasteiger partial charge in [0.15, 0.2) is 0 Å². The number of rotatable bonds is 19. The molecule has 22 rings (SSSR count). The van der Waals surface area contributed by atoms with Crippen molar-refractivity contribution in [2.24, 2.45) is 0 Å². The van der Waals surface area contributed by atoms with E-state index in [0.717, 1.165) is 45.4 Å². The summed E-state index contributed by atoms with van der Waals surface area (Å²) >= 11 is 13.9. The van der Waals surface area contributed by atoms with E-state index in [2.05, 4.69) is 45.2 Å². The summed E-state index contributed by atoms with van der Waals surface area (Å²) in [5, 5.41) is 65.8. The number of hydrogen-bond acceptors (Lipinski definition) is 18. The molecule has 688 valence electrons. The fourth-order valence-corrected chi connectivity index (χ4v) is 18.7. The number of hydrogen-bond donors (Lipinski definition) is 12. The number of nitrogens with one attached hydrogen (secondary N) is 6. The number of aromatic nitrogens is 12. The zero-order chi connectivity index (χ0) is 96.7. The average molecular weight is 1920 g/mol. The number of H-pyrrole nitrogens is 5. The zero-order valence-electron chi connectivity index (χ0n) is 70.8. The first kappa shape index (κ1) is 89.8. The Kier molecular flexibility index (Phi) is 23.6. The van der Waals surface area contributed by atoms with Crippen LogP contribution in [0.2, 0.25) is 10.4 Å². The summed E-state index contributed by atoms with van der Waals surface area (Å²) in [5.41, 5.74) is 5.71. The van der Waals surface area contributed by atoms with E-state index in [1.807, 2.05) is 42.5 Å². The number of carboxylic acid groups (broad SMARTS) is 4. The minimum Gasteiger partial charge on any atom is -0.477 e. The maximum atomic E-state index is 15.0. The van der Waals surface area contributed by atoms with E-state index in [0.29, 0.717) is 54.6 Å². The number of aromatic amines is 5. The van der Waals surface area contributed by atoms with Crippen molar-refractivity contribution >= 4 is 173 Å². The quantitative estimate of drug-likeness (QED) is 0.0264. The molecule has 138 heavy (non-hydrogen) atoms. The van der Waals surface area contributed by atoms with Gasteiger partial charge in [0.1, 0.15) is 79.9 Å². The van der Waals surface area contributed by atoms with E-state index < -0.39 is 88.3 Å². The summed E-state index contributed by atoms with van der Waals surface area (Å²) in [7, 11) is 1.43. The number of nitrogens with zero attached hydrogens (tertiary/aromatic N) is 7. The number of thiazole rings is 1. The van der Waals surface area contributed by atoms with Crippen molar-refractivity contribution in [3.05, 3.63) is 368 Å². The van der Waals surface area contributed by atoms with Crippen LogP contribution in [0.15, 0.2) is 264 Å². The van der Waals surface area contributed by atoms with Gasteiger partial charge in [0.25, 0.3) is 28.1 Å². The van der Waals surface area contributed by atoms with Crippen molar-refractivity contribution in [2.75, 3.05) is 13.7 Å². The SMILES string of the molecule is CNC(=O)c1ccc(F)c(Cn2c(C(=O)O)c(-c3ccc[nH]c3=O)c3c4occc4c(F)cc32)c1.O=C(O)c1c(-c2ccc[nH]c2=O)c2c3ncsc3ccc2n1Cc1cc2ccccc2nc1Cl.O=C(O)c1c(-c2ccc[nH]c2=O)c2c3occc3c(F)cc2n1Cc1cc(C(O)CO)ccc1F.O=C(O)c1c(-c2ccc[nH]c2=O)c2c3occc3c(F)cc2n1Cc1ccc2nc(Cl)[nH]c2c1. The molecule has 0 aliphatic heterocycles. The summed E-state index contributed by atoms with van der Waals surface area (Å²) in [5.74, 6) is -9.01. The van der Waals surface area contributed by atoms with E-state index in [1.54, 1.807) is 46.5 Å². The number of carbonyl (C=O) groups excluding carboxylic acids is 1. The minimum absolute atomic E-state index is 0.000953. The van der Waals surface area contributed by atoms with Gasteiger partial charge in [-0.1, -0.05) is 41.9 Å². The van der Waals surface area contributed by atoms with E-state index in [4.69, 9.17) is 36.5 Å². The Bertz CT molecular complexity index is 9110. The molecule has 22 aromatic rings. The second kappa shape index (κ2) is 36.2. The van der Waals surface area contributed by atoms with Crippen LogP contribution >= 0.6 is 34.5 Å². The first-order chi connectivity index (χ1) is 66.6. The number of aromatic carboxylic acids is 4. The van der Waals surface area contributed by atoms with Crippen molar-refractivity contribution < 1.29 is 89.8 Å². The van der Waals surface area contributed by atoms with Crippen LogP contribution in [0.4, 0.5) is 22.0 Å². The number of amides is 1. The van der Waals surface area contributed by atoms with Gasteiger partial charge in [-0.3, -0.25) is 24.0 Å². The molecule has 0 saturated carbocycles. The maximum absolute atomic E-state index is 15.0. The predicted molar refractivity (Wildman–Crippen MR) is 505 cm³/mol. The number of halogens is 7. The third-order valence-corrected chi connectivity index (χ3v) is 24.9. The highest BCUT2D eigenvalue weighted by Crippen LogP contribution is 2.46. The Balaban J connectivity index is 0.000000118. The third-order valence-electron chi connectivity index (χ3n) is 23.6. The minimum atomic E-state index is -1.42. The Hall–Kier alpha value is -17.4. The zero-order valence-corrected chi connectivity index (χ0v) is 73.1. The van der Waals surface area contributed by atoms with Crippen LogP contribution < -0.4 is 27.6 Å². The van der Waals surface area contributed by atoms with E-state index in [-0.39, 0.29) is 176 Å². The Morgan fingerprint density at radius 2 is 0.899 bits per heavy atom. The molecule has 39 heteroatoms. The Morgan fingerprint density at radius 3 is 1.36 bits per heavy atom. The number of fused-ring (bicyclic) bond motifs is 14. The number of para-hydroxylation sites is 1. The summed E-state index contributed by atoms with van der Waals surface area (Å²) in [6, 6.07) is 46.1. The fourth-order valence-electron chi connectivity index (χ4n) is 17.6. The lowest BCUT2D eigenvalue weighted by atomic mass is 10.0. The van der Waals surface area contributed by atoms with Crippen LogP contribution in [0, 0.1) is 29.1 Å². The topological polar surface area (TPSA) is 464 Å². The first-order valence-electron chi connectivity index (χ1n) is 41.5. The summed E-state index contributed by atoms with van der Waals surface area (Å²) < 4.78 is 97.6. The molecular weight excluding hydrogens is 1860 g/mol. The number of pyridine rings is 5. The average Bonchev–Trinajstić information content (AvgIpc) is 1.58. The molecular formula is C99H64Cl2F5N13O18S. The van der Waals surface area contributed by atoms with Gasteiger partial charge in [-0.15, -0.1) is 11.3 Å². The molecule has 0 fully saturated rings. The number of furan rings is 3. The molecule has 14 heterocycles. The molecule has 0 aliphatic rings. The van der Waals surface area contributed by atoms with Crippen molar-refractivity contribution in [1.29, 1.82) is 0 Å². The standard InChI is InChI=1S/C25H15ClN4O3S.C25H17F2N3O5.C25H18F2N2O6.C24H14ClFN4O4/c26-23-14(10-13-4-1-2-6-16(13)29-23)11-30-17-7-8-18-21(28-12-34-18)20(17)19(22(30)25(32)33)15-5-3-9-27-24(15)31;1-28-23(31)12-4-5-16(26)13(9-12)11-30-18-10-17(27)14-6-8-35-22(14)20(18)19(21(30)25(33)34)15-3-2-7-29-24(15)32;26-16-4-3-12(19(31)11-30)8-13(16)10-29-18-9-17(27)14-5-7-35-23(14)21(18)20(22(29)25(33)34)15-2-1-6-28-24(15)32;25-24-28-15-4-3-11(8-16(15)29-24)10-30-17-9-14(26)12-5-7-34-21(12)19(17)18(20(30)23(32)33)13-2-1-6-27-22(13)31/h1-10,12H,11H2,(H,27,31)(H,32,33);2-10H,11H2,1H3,(H,28,31)(H,29,32)(H,33,34);1-9,19,30-31H,10-11H2,(H,28,32)(H,33,34);1-9H,10H2,(H,27,31)(H,28,29)(H,32,33). The number of aliphatic hydroxyl groups is 2. The van der Waals surface area contributed by atoms with Crippen LogP contribution in [0.25, 0.3) is 153 Å². The van der Waals surface area contributed by atoms with Crippen molar-refractivity contribution in [1.82, 2.24) is 63.5 Å². The highest BCUT2D eigenvalue weighted by atomic mass is 35.5. The molecule has 1 amide bonds. The van der Waals surface area contributed by atoms with Gasteiger partial charge in [-0.05, 0) is 174 Å². The van der Waals surface area contributed by atoms with Gasteiger partial charge < -0.3 is 92.4 Å². The van der Waals surface area contributed by atoms with Gasteiger partial charge in [-0.2, -0.15) is 0 Å². The Morgan fingerprint density at radius 1 is 0.457 bits per heavy atom. The van der Waals surface area contributed by atoms with Crippen LogP contribution in [-0.2, 0) is 26.2 Å². The Labute approximate surface area is 780 Å². The fraction of sp³-hybridized carbons (Fsp3) is 0.0707. The normalized spacial score (nSPS) is 11.8. The number of imidazole rings is 1. The molecule has 1 unspecified atom stereocenters. The molecule has 0 saturated heterocycles. The molecule has 31 nitrogen and oxygen atoms in total.